The van der Waals surface area contributed by atoms with Gasteiger partial charge < -0.3 is 15.1 Å². The summed E-state index contributed by atoms with van der Waals surface area (Å²) in [6.07, 6.45) is 0. The second-order valence-corrected chi connectivity index (χ2v) is 2.87. The van der Waals surface area contributed by atoms with Crippen molar-refractivity contribution < 1.29 is 15.0 Å². The summed E-state index contributed by atoms with van der Waals surface area (Å²) in [7, 11) is 3.36. The zero-order chi connectivity index (χ0) is 10.0. The Morgan fingerprint density at radius 1 is 1.38 bits per heavy atom. The van der Waals surface area contributed by atoms with Crippen LogP contribution in [0.5, 0.6) is 5.75 Å². The van der Waals surface area contributed by atoms with Gasteiger partial charge in [0.15, 0.2) is 0 Å². The van der Waals surface area contributed by atoms with Crippen molar-refractivity contribution >= 4 is 11.7 Å². The number of benzene rings is 1. The number of carboxylic acids is 1. The van der Waals surface area contributed by atoms with E-state index in [9.17, 15) is 9.90 Å². The van der Waals surface area contributed by atoms with E-state index in [0.717, 1.165) is 0 Å². The molecule has 1 aromatic carbocycles. The number of phenols is 1. The van der Waals surface area contributed by atoms with Crippen LogP contribution in [0.3, 0.4) is 0 Å². The third kappa shape index (κ3) is 1.72. The molecule has 0 aliphatic rings. The normalized spacial score (nSPS) is 9.69. The molecule has 2 N–H and O–H groups in total. The van der Waals surface area contributed by atoms with E-state index in [0.29, 0.717) is 5.69 Å². The van der Waals surface area contributed by atoms with Gasteiger partial charge in [-0.2, -0.15) is 0 Å². The Morgan fingerprint density at radius 2 is 2.00 bits per heavy atom. The Balaban J connectivity index is 3.34. The van der Waals surface area contributed by atoms with Gasteiger partial charge in [0.2, 0.25) is 0 Å². The molecule has 0 heterocycles. The molecule has 13 heavy (non-hydrogen) atoms. The van der Waals surface area contributed by atoms with Crippen LogP contribution in [-0.4, -0.2) is 30.3 Å². The number of aromatic hydroxyl groups is 1. The van der Waals surface area contributed by atoms with Crippen LogP contribution in [0.25, 0.3) is 0 Å². The molecule has 0 spiro atoms. The van der Waals surface area contributed by atoms with Crippen LogP contribution in [0.1, 0.15) is 10.4 Å². The van der Waals surface area contributed by atoms with Crippen LogP contribution in [0.2, 0.25) is 0 Å². The Kier molecular flexibility index (Phi) is 2.41. The van der Waals surface area contributed by atoms with Crippen molar-refractivity contribution in [2.45, 2.75) is 0 Å². The lowest BCUT2D eigenvalue weighted by molar-refractivity contribution is 0.0697. The van der Waals surface area contributed by atoms with Crippen molar-refractivity contribution in [3.63, 3.8) is 0 Å². The van der Waals surface area contributed by atoms with Gasteiger partial charge in [0, 0.05) is 14.1 Å². The number of phenolic OH excluding ortho intramolecular Hbond substituents is 1. The fourth-order valence-electron chi connectivity index (χ4n) is 1.17. The smallest absolute Gasteiger partial charge is 0.337 e. The number of carbonyl (C=O) groups is 1. The third-order valence-electron chi connectivity index (χ3n) is 1.69. The maximum absolute atomic E-state index is 10.7. The molecule has 0 fully saturated rings. The first-order chi connectivity index (χ1) is 6.04. The van der Waals surface area contributed by atoms with Gasteiger partial charge in [0.1, 0.15) is 5.75 Å². The van der Waals surface area contributed by atoms with Crippen LogP contribution in [0, 0.1) is 0 Å². The van der Waals surface area contributed by atoms with Crippen molar-refractivity contribution in [1.29, 1.82) is 0 Å². The Morgan fingerprint density at radius 3 is 2.38 bits per heavy atom. The van der Waals surface area contributed by atoms with E-state index in [1.807, 2.05) is 0 Å². The van der Waals surface area contributed by atoms with Gasteiger partial charge in [-0.25, -0.2) is 4.79 Å². The van der Waals surface area contributed by atoms with E-state index in [2.05, 4.69) is 0 Å². The molecule has 4 nitrogen and oxygen atoms in total. The van der Waals surface area contributed by atoms with E-state index in [4.69, 9.17) is 5.11 Å². The number of carboxylic acid groups (broad SMARTS) is 1. The number of aromatic carboxylic acids is 1. The van der Waals surface area contributed by atoms with Gasteiger partial charge in [-0.15, -0.1) is 0 Å². The minimum Gasteiger partial charge on any atom is -0.506 e. The summed E-state index contributed by atoms with van der Waals surface area (Å²) < 4.78 is 0. The van der Waals surface area contributed by atoms with Crippen LogP contribution >= 0.6 is 0 Å². The molecule has 4 heteroatoms. The van der Waals surface area contributed by atoms with Gasteiger partial charge >= 0.3 is 5.97 Å². The minimum atomic E-state index is -1.04. The predicted molar refractivity (Wildman–Crippen MR) is 49.4 cm³/mol. The molecule has 0 saturated heterocycles. The number of hydrogen-bond donors (Lipinski definition) is 2. The first kappa shape index (κ1) is 9.38. The first-order valence-electron chi connectivity index (χ1n) is 3.76. The second-order valence-electron chi connectivity index (χ2n) is 2.87. The molecular weight excluding hydrogens is 170 g/mol. The molecule has 0 unspecified atom stereocenters. The fourth-order valence-corrected chi connectivity index (χ4v) is 1.17. The number of hydrogen-bond acceptors (Lipinski definition) is 3. The Bertz CT molecular complexity index is 334. The van der Waals surface area contributed by atoms with E-state index in [1.165, 1.54) is 18.2 Å². The number of para-hydroxylation sites is 1. The van der Waals surface area contributed by atoms with Crippen LogP contribution in [-0.2, 0) is 0 Å². The molecule has 0 atom stereocenters. The molecule has 1 aromatic rings. The summed E-state index contributed by atoms with van der Waals surface area (Å²) in [5.41, 5.74) is 0.431. The van der Waals surface area contributed by atoms with E-state index >= 15 is 0 Å². The Labute approximate surface area is 76.0 Å². The molecule has 70 valence electrons. The van der Waals surface area contributed by atoms with Crippen LogP contribution in [0.4, 0.5) is 5.69 Å². The highest BCUT2D eigenvalue weighted by Gasteiger charge is 2.14. The molecule has 0 aromatic heterocycles. The van der Waals surface area contributed by atoms with E-state index < -0.39 is 5.97 Å². The number of rotatable bonds is 2. The molecule has 0 radical (unpaired) electrons. The quantitative estimate of drug-likeness (QED) is 0.718. The van der Waals surface area contributed by atoms with Gasteiger partial charge in [0.05, 0.1) is 11.3 Å². The van der Waals surface area contributed by atoms with Crippen molar-refractivity contribution in [1.82, 2.24) is 0 Å². The molecular formula is C9H11NO3. The summed E-state index contributed by atoms with van der Waals surface area (Å²) in [5, 5.41) is 18.2. The average Bonchev–Trinajstić information content (AvgIpc) is 2.02. The van der Waals surface area contributed by atoms with Gasteiger partial charge in [-0.05, 0) is 12.1 Å². The lowest BCUT2D eigenvalue weighted by Crippen LogP contribution is -2.13. The van der Waals surface area contributed by atoms with Gasteiger partial charge in [0.25, 0.3) is 0 Å². The van der Waals surface area contributed by atoms with Crippen LogP contribution < -0.4 is 4.90 Å². The van der Waals surface area contributed by atoms with Crippen LogP contribution in [0.15, 0.2) is 18.2 Å². The highest BCUT2D eigenvalue weighted by Crippen LogP contribution is 2.29. The summed E-state index contributed by atoms with van der Waals surface area (Å²) in [6, 6.07) is 4.42. The van der Waals surface area contributed by atoms with E-state index in [-0.39, 0.29) is 11.3 Å². The lowest BCUT2D eigenvalue weighted by atomic mass is 10.1. The SMILES string of the molecule is CN(C)c1c(O)cccc1C(=O)O. The molecule has 0 bridgehead atoms. The standard InChI is InChI=1S/C9H11NO3/c1-10(2)8-6(9(12)13)4-3-5-7(8)11/h3-5,11H,1-2H3,(H,12,13). The fraction of sp³-hybridized carbons (Fsp3) is 0.222. The second kappa shape index (κ2) is 3.35. The number of anilines is 1. The van der Waals surface area contributed by atoms with Crippen molar-refractivity contribution in [3.8, 4) is 5.75 Å². The van der Waals surface area contributed by atoms with E-state index in [1.54, 1.807) is 19.0 Å². The molecule has 0 saturated carbocycles. The highest BCUT2D eigenvalue weighted by atomic mass is 16.4. The van der Waals surface area contributed by atoms with Crippen molar-refractivity contribution in [2.24, 2.45) is 0 Å². The third-order valence-corrected chi connectivity index (χ3v) is 1.69. The summed E-state index contributed by atoms with van der Waals surface area (Å²) in [4.78, 5) is 12.3. The average molecular weight is 181 g/mol. The highest BCUT2D eigenvalue weighted by molar-refractivity contribution is 5.96. The molecule has 1 rings (SSSR count). The lowest BCUT2D eigenvalue weighted by Gasteiger charge is -2.16. The van der Waals surface area contributed by atoms with Crippen molar-refractivity contribution in [3.05, 3.63) is 23.8 Å². The zero-order valence-electron chi connectivity index (χ0n) is 7.48. The first-order valence-corrected chi connectivity index (χ1v) is 3.76. The van der Waals surface area contributed by atoms with Gasteiger partial charge in [-0.1, -0.05) is 6.07 Å². The van der Waals surface area contributed by atoms with Gasteiger partial charge in [-0.3, -0.25) is 0 Å². The molecule has 0 aliphatic carbocycles. The zero-order valence-corrected chi connectivity index (χ0v) is 7.48. The number of nitrogens with zero attached hydrogens (tertiary/aromatic N) is 1. The summed E-state index contributed by atoms with van der Waals surface area (Å²) >= 11 is 0. The Hall–Kier alpha value is -1.71. The summed E-state index contributed by atoms with van der Waals surface area (Å²) in [6.45, 7) is 0. The minimum absolute atomic E-state index is 0.0232. The molecule has 0 aliphatic heterocycles. The maximum Gasteiger partial charge on any atom is 0.337 e. The largest absolute Gasteiger partial charge is 0.506 e. The maximum atomic E-state index is 10.7. The monoisotopic (exact) mass is 181 g/mol. The van der Waals surface area contributed by atoms with Crippen molar-refractivity contribution in [2.75, 3.05) is 19.0 Å². The summed E-state index contributed by atoms with van der Waals surface area (Å²) in [5.74, 6) is -1.07. The molecule has 0 amide bonds. The topological polar surface area (TPSA) is 60.8 Å². The predicted octanol–water partition coefficient (Wildman–Crippen LogP) is 1.16.